The van der Waals surface area contributed by atoms with Crippen molar-refractivity contribution in [3.05, 3.63) is 29.8 Å². The number of rotatable bonds is 8. The quantitative estimate of drug-likeness (QED) is 0.332. The zero-order valence-corrected chi connectivity index (χ0v) is 16.0. The topological polar surface area (TPSA) is 9.23 Å². The molecule has 0 radical (unpaired) electrons. The summed E-state index contributed by atoms with van der Waals surface area (Å²) in [6, 6.07) is 8.09. The van der Waals surface area contributed by atoms with Crippen molar-refractivity contribution < 1.29 is 4.74 Å². The molecule has 0 heterocycles. The van der Waals surface area contributed by atoms with Crippen LogP contribution in [0.3, 0.4) is 0 Å². The Morgan fingerprint density at radius 2 is 1.62 bits per heavy atom. The highest BCUT2D eigenvalue weighted by Gasteiger charge is 2.20. The molecule has 1 aromatic rings. The molecule has 1 aromatic carbocycles. The van der Waals surface area contributed by atoms with Crippen molar-refractivity contribution in [1.29, 1.82) is 0 Å². The fourth-order valence-electron chi connectivity index (χ4n) is 3.24. The molecule has 2 rings (SSSR count). The first-order valence-corrected chi connectivity index (χ1v) is 10.1. The van der Waals surface area contributed by atoms with E-state index in [1.165, 1.54) is 64.2 Å². The molecule has 0 amide bonds. The maximum Gasteiger partial charge on any atom is 0.0576 e. The smallest absolute Gasteiger partial charge is 0.0576 e. The van der Waals surface area contributed by atoms with E-state index < -0.39 is 0 Å². The molecule has 0 N–H and O–H groups in total. The maximum absolute atomic E-state index is 6.06. The van der Waals surface area contributed by atoms with Crippen molar-refractivity contribution in [1.82, 2.24) is 0 Å². The first kappa shape index (κ1) is 19.4. The van der Waals surface area contributed by atoms with Crippen molar-refractivity contribution in [2.45, 2.75) is 82.1 Å². The second-order valence-electron chi connectivity index (χ2n) is 6.93. The summed E-state index contributed by atoms with van der Waals surface area (Å²) in [6.07, 6.45) is 13.2. The second kappa shape index (κ2) is 11.6. The molecule has 0 atom stereocenters. The highest BCUT2D eigenvalue weighted by Crippen LogP contribution is 2.26. The summed E-state index contributed by atoms with van der Waals surface area (Å²) in [4.78, 5) is 0.989. The van der Waals surface area contributed by atoms with Gasteiger partial charge in [-0.15, -0.1) is 12.6 Å². The lowest BCUT2D eigenvalue weighted by Crippen LogP contribution is -2.21. The molecule has 0 aliphatic heterocycles. The SMILES string of the molecule is CCCCCCCCOC1CCC(C#Cc2ccc(S)cc2)CC1. The largest absolute Gasteiger partial charge is 0.378 e. The molecule has 24 heavy (non-hydrogen) atoms. The summed E-state index contributed by atoms with van der Waals surface area (Å²) in [6.45, 7) is 3.21. The van der Waals surface area contributed by atoms with Crippen LogP contribution in [-0.4, -0.2) is 12.7 Å². The van der Waals surface area contributed by atoms with Crippen LogP contribution in [0.15, 0.2) is 29.2 Å². The van der Waals surface area contributed by atoms with Gasteiger partial charge in [-0.2, -0.15) is 0 Å². The molecule has 0 unspecified atom stereocenters. The average molecular weight is 345 g/mol. The molecule has 1 nitrogen and oxygen atoms in total. The lowest BCUT2D eigenvalue weighted by Gasteiger charge is -2.25. The molecule has 0 aromatic heterocycles. The van der Waals surface area contributed by atoms with E-state index in [0.717, 1.165) is 17.1 Å². The standard InChI is InChI=1S/C22H32OS/c1-2-3-4-5-6-7-18-23-21-14-10-19(11-15-21)8-9-20-12-16-22(24)17-13-20/h12-13,16-17,19,21,24H,2-7,10-11,14-15,18H2,1H3. The van der Waals surface area contributed by atoms with Gasteiger partial charge in [0.15, 0.2) is 0 Å². The van der Waals surface area contributed by atoms with Gasteiger partial charge in [0, 0.05) is 23.0 Å². The Morgan fingerprint density at radius 3 is 2.33 bits per heavy atom. The summed E-state index contributed by atoms with van der Waals surface area (Å²) in [5.74, 6) is 7.29. The molecule has 2 heteroatoms. The molecule has 1 aliphatic rings. The van der Waals surface area contributed by atoms with Crippen LogP contribution in [0, 0.1) is 17.8 Å². The van der Waals surface area contributed by atoms with Gasteiger partial charge in [-0.1, -0.05) is 50.9 Å². The second-order valence-corrected chi connectivity index (χ2v) is 7.44. The van der Waals surface area contributed by atoms with E-state index in [2.05, 4.69) is 31.4 Å². The van der Waals surface area contributed by atoms with Crippen LogP contribution < -0.4 is 0 Å². The Balaban J connectivity index is 1.57. The van der Waals surface area contributed by atoms with Crippen molar-refractivity contribution in [3.63, 3.8) is 0 Å². The minimum absolute atomic E-state index is 0.474. The van der Waals surface area contributed by atoms with Crippen molar-refractivity contribution in [3.8, 4) is 11.8 Å². The highest BCUT2D eigenvalue weighted by molar-refractivity contribution is 7.80. The van der Waals surface area contributed by atoms with Crippen LogP contribution in [0.5, 0.6) is 0 Å². The fraction of sp³-hybridized carbons (Fsp3) is 0.636. The maximum atomic E-state index is 6.06. The van der Waals surface area contributed by atoms with Gasteiger partial charge in [0.25, 0.3) is 0 Å². The molecule has 1 saturated carbocycles. The number of ether oxygens (including phenoxy) is 1. The Kier molecular flexibility index (Phi) is 9.39. The van der Waals surface area contributed by atoms with E-state index >= 15 is 0 Å². The molecule has 0 bridgehead atoms. The molecule has 0 saturated heterocycles. The summed E-state index contributed by atoms with van der Waals surface area (Å²) in [7, 11) is 0. The number of thiol groups is 1. The first-order chi connectivity index (χ1) is 11.8. The minimum atomic E-state index is 0.474. The van der Waals surface area contributed by atoms with Gasteiger partial charge >= 0.3 is 0 Å². The summed E-state index contributed by atoms with van der Waals surface area (Å²) in [5, 5.41) is 0. The summed E-state index contributed by atoms with van der Waals surface area (Å²) in [5.41, 5.74) is 1.09. The van der Waals surface area contributed by atoms with Gasteiger partial charge in [-0.3, -0.25) is 0 Å². The predicted molar refractivity (Wildman–Crippen MR) is 106 cm³/mol. The van der Waals surface area contributed by atoms with E-state index in [-0.39, 0.29) is 0 Å². The number of unbranched alkanes of at least 4 members (excludes halogenated alkanes) is 5. The Hall–Kier alpha value is -0.910. The lowest BCUT2D eigenvalue weighted by atomic mass is 9.87. The molecule has 132 valence electrons. The Labute approximate surface area is 154 Å². The van der Waals surface area contributed by atoms with Gasteiger partial charge in [-0.25, -0.2) is 0 Å². The van der Waals surface area contributed by atoms with E-state index in [0.29, 0.717) is 12.0 Å². The minimum Gasteiger partial charge on any atom is -0.378 e. The van der Waals surface area contributed by atoms with Gasteiger partial charge < -0.3 is 4.74 Å². The van der Waals surface area contributed by atoms with Crippen LogP contribution >= 0.6 is 12.6 Å². The number of hydrogen-bond acceptors (Lipinski definition) is 2. The normalized spacial score (nSPS) is 20.4. The van der Waals surface area contributed by atoms with E-state index in [9.17, 15) is 0 Å². The Bertz CT molecular complexity index is 503. The van der Waals surface area contributed by atoms with E-state index in [4.69, 9.17) is 4.74 Å². The van der Waals surface area contributed by atoms with Crippen LogP contribution in [0.2, 0.25) is 0 Å². The third kappa shape index (κ3) is 7.77. The third-order valence-electron chi connectivity index (χ3n) is 4.81. The third-order valence-corrected chi connectivity index (χ3v) is 5.11. The van der Waals surface area contributed by atoms with Crippen LogP contribution in [-0.2, 0) is 4.74 Å². The monoisotopic (exact) mass is 344 g/mol. The molecular formula is C22H32OS. The zero-order valence-electron chi connectivity index (χ0n) is 15.1. The van der Waals surface area contributed by atoms with Crippen LogP contribution in [0.4, 0.5) is 0 Å². The van der Waals surface area contributed by atoms with Gasteiger partial charge in [0.1, 0.15) is 0 Å². The van der Waals surface area contributed by atoms with Gasteiger partial charge in [-0.05, 0) is 56.4 Å². The van der Waals surface area contributed by atoms with Gasteiger partial charge in [0.2, 0.25) is 0 Å². The van der Waals surface area contributed by atoms with E-state index in [1.54, 1.807) is 0 Å². The molecular weight excluding hydrogens is 312 g/mol. The molecule has 1 fully saturated rings. The van der Waals surface area contributed by atoms with Crippen LogP contribution in [0.25, 0.3) is 0 Å². The predicted octanol–water partition coefficient (Wildman–Crippen LogP) is 6.26. The highest BCUT2D eigenvalue weighted by atomic mass is 32.1. The number of benzene rings is 1. The zero-order chi connectivity index (χ0) is 17.0. The first-order valence-electron chi connectivity index (χ1n) is 9.70. The van der Waals surface area contributed by atoms with Crippen molar-refractivity contribution in [2.75, 3.05) is 6.61 Å². The molecule has 0 spiro atoms. The van der Waals surface area contributed by atoms with Gasteiger partial charge in [0.05, 0.1) is 6.10 Å². The van der Waals surface area contributed by atoms with E-state index in [1.807, 2.05) is 24.3 Å². The summed E-state index contributed by atoms with van der Waals surface area (Å²) >= 11 is 4.31. The number of hydrogen-bond donors (Lipinski definition) is 1. The van der Waals surface area contributed by atoms with Crippen LogP contribution in [0.1, 0.15) is 76.7 Å². The Morgan fingerprint density at radius 1 is 0.958 bits per heavy atom. The summed E-state index contributed by atoms with van der Waals surface area (Å²) < 4.78 is 6.06. The lowest BCUT2D eigenvalue weighted by molar-refractivity contribution is 0.0209. The average Bonchev–Trinajstić information content (AvgIpc) is 2.61. The van der Waals surface area contributed by atoms with Crippen molar-refractivity contribution in [2.24, 2.45) is 5.92 Å². The van der Waals surface area contributed by atoms with Crippen molar-refractivity contribution >= 4 is 12.6 Å². The fourth-order valence-corrected chi connectivity index (χ4v) is 3.39. The molecule has 1 aliphatic carbocycles.